The Labute approximate surface area is 125 Å². The van der Waals surface area contributed by atoms with Gasteiger partial charge >= 0.3 is 0 Å². The Morgan fingerprint density at radius 2 is 2.39 bits per heavy atom. The van der Waals surface area contributed by atoms with Gasteiger partial charge in [-0.15, -0.1) is 11.3 Å². The van der Waals surface area contributed by atoms with Gasteiger partial charge in [-0.3, -0.25) is 0 Å². The van der Waals surface area contributed by atoms with Gasteiger partial charge in [0, 0.05) is 10.9 Å². The van der Waals surface area contributed by atoms with Crippen molar-refractivity contribution in [2.45, 2.75) is 19.4 Å². The van der Waals surface area contributed by atoms with Crippen molar-refractivity contribution in [3.05, 3.63) is 19.8 Å². The highest BCUT2D eigenvalue weighted by atomic mass is 79.9. The summed E-state index contributed by atoms with van der Waals surface area (Å²) in [4.78, 5) is 1.11. The molecule has 102 valence electrons. The van der Waals surface area contributed by atoms with E-state index in [9.17, 15) is 8.42 Å². The Morgan fingerprint density at radius 3 is 2.83 bits per heavy atom. The maximum atomic E-state index is 11.6. The van der Waals surface area contributed by atoms with Crippen LogP contribution in [0.2, 0.25) is 5.02 Å². The van der Waals surface area contributed by atoms with Crippen LogP contribution in [0.3, 0.4) is 0 Å². The summed E-state index contributed by atoms with van der Waals surface area (Å²) >= 11 is 11.0. The van der Waals surface area contributed by atoms with E-state index in [0.717, 1.165) is 21.6 Å². The number of sulfone groups is 1. The van der Waals surface area contributed by atoms with Gasteiger partial charge in [0.15, 0.2) is 9.84 Å². The third-order valence-corrected chi connectivity index (χ3v) is 7.49. The zero-order valence-corrected chi connectivity index (χ0v) is 13.9. The molecule has 0 spiro atoms. The Kier molecular flexibility index (Phi) is 4.75. The molecule has 1 aromatic rings. The average Bonchev–Trinajstić information content (AvgIpc) is 2.79. The highest BCUT2D eigenvalue weighted by Gasteiger charge is 2.35. The number of thiophene rings is 1. The van der Waals surface area contributed by atoms with Gasteiger partial charge in [0.25, 0.3) is 0 Å². The summed E-state index contributed by atoms with van der Waals surface area (Å²) in [6.07, 6.45) is 0.729. The van der Waals surface area contributed by atoms with E-state index >= 15 is 0 Å². The first-order valence-electron chi connectivity index (χ1n) is 5.81. The minimum absolute atomic E-state index is 0.0843. The first-order valence-corrected chi connectivity index (χ1v) is 9.62. The molecule has 2 unspecified atom stereocenters. The highest BCUT2D eigenvalue weighted by molar-refractivity contribution is 9.11. The smallest absolute Gasteiger partial charge is 0.150 e. The fraction of sp³-hybridized carbons (Fsp3) is 0.636. The van der Waals surface area contributed by atoms with Crippen molar-refractivity contribution < 1.29 is 8.42 Å². The fourth-order valence-corrected chi connectivity index (χ4v) is 6.08. The molecule has 0 saturated carbocycles. The van der Waals surface area contributed by atoms with Gasteiger partial charge in [0.05, 0.1) is 20.3 Å². The number of rotatable bonds is 4. The number of hydrogen-bond donors (Lipinski definition) is 1. The summed E-state index contributed by atoms with van der Waals surface area (Å²) in [6, 6.07) is 2.01. The molecule has 2 rings (SSSR count). The molecule has 18 heavy (non-hydrogen) atoms. The first-order chi connectivity index (χ1) is 8.43. The molecule has 0 bridgehead atoms. The zero-order chi connectivity index (χ0) is 13.3. The molecule has 3 nitrogen and oxygen atoms in total. The van der Waals surface area contributed by atoms with Gasteiger partial charge in [-0.05, 0) is 40.9 Å². The summed E-state index contributed by atoms with van der Waals surface area (Å²) in [5, 5.41) is 4.08. The molecule has 0 aromatic carbocycles. The second kappa shape index (κ2) is 5.79. The molecule has 1 saturated heterocycles. The Hall–Kier alpha value is 0.380. The van der Waals surface area contributed by atoms with Gasteiger partial charge in [0.2, 0.25) is 0 Å². The molecule has 1 N–H and O–H groups in total. The molecule has 0 aliphatic carbocycles. The lowest BCUT2D eigenvalue weighted by molar-refractivity contribution is 0.406. The summed E-state index contributed by atoms with van der Waals surface area (Å²) in [5.41, 5.74) is 0. The Bertz CT molecular complexity index is 510. The first kappa shape index (κ1) is 14.8. The molecular formula is C11H15BrClNO2S2. The van der Waals surface area contributed by atoms with Gasteiger partial charge in [-0.1, -0.05) is 18.5 Å². The van der Waals surface area contributed by atoms with Crippen LogP contribution in [0.25, 0.3) is 0 Å². The average molecular weight is 373 g/mol. The van der Waals surface area contributed by atoms with Crippen LogP contribution in [-0.4, -0.2) is 26.5 Å². The van der Waals surface area contributed by atoms with Crippen LogP contribution in [0, 0.1) is 5.92 Å². The molecule has 1 aliphatic rings. The van der Waals surface area contributed by atoms with Crippen LogP contribution >= 0.6 is 38.9 Å². The van der Waals surface area contributed by atoms with Crippen molar-refractivity contribution >= 4 is 48.7 Å². The van der Waals surface area contributed by atoms with Crippen molar-refractivity contribution in [1.29, 1.82) is 0 Å². The Balaban J connectivity index is 2.23. The second-order valence-corrected chi connectivity index (χ2v) is 9.51. The summed E-state index contributed by atoms with van der Waals surface area (Å²) in [5.74, 6) is 0.731. The van der Waals surface area contributed by atoms with Gasteiger partial charge < -0.3 is 5.32 Å². The highest BCUT2D eigenvalue weighted by Crippen LogP contribution is 2.40. The van der Waals surface area contributed by atoms with Crippen molar-refractivity contribution in [2.75, 3.05) is 18.1 Å². The van der Waals surface area contributed by atoms with Crippen LogP contribution in [0.15, 0.2) is 9.85 Å². The number of nitrogens with one attached hydrogen (secondary N) is 1. The van der Waals surface area contributed by atoms with E-state index in [1.165, 1.54) is 0 Å². The van der Waals surface area contributed by atoms with Crippen LogP contribution < -0.4 is 5.32 Å². The fourth-order valence-electron chi connectivity index (χ4n) is 2.32. The van der Waals surface area contributed by atoms with Gasteiger partial charge in [0.1, 0.15) is 0 Å². The molecule has 2 heterocycles. The predicted octanol–water partition coefficient (Wildman–Crippen LogP) is 3.25. The molecule has 0 radical (unpaired) electrons. The van der Waals surface area contributed by atoms with Gasteiger partial charge in [-0.25, -0.2) is 8.42 Å². The quantitative estimate of drug-likeness (QED) is 0.882. The SMILES string of the molecule is CCNC(c1cc(Cl)c(Br)s1)C1CCS(=O)(=O)C1. The molecule has 2 atom stereocenters. The van der Waals surface area contributed by atoms with Crippen molar-refractivity contribution in [2.24, 2.45) is 5.92 Å². The predicted molar refractivity (Wildman–Crippen MR) is 80.2 cm³/mol. The monoisotopic (exact) mass is 371 g/mol. The largest absolute Gasteiger partial charge is 0.309 e. The van der Waals surface area contributed by atoms with E-state index in [1.54, 1.807) is 11.3 Å². The summed E-state index contributed by atoms with van der Waals surface area (Å²) in [7, 11) is -2.85. The maximum absolute atomic E-state index is 11.6. The van der Waals surface area contributed by atoms with E-state index in [2.05, 4.69) is 21.2 Å². The summed E-state index contributed by atoms with van der Waals surface area (Å²) in [6.45, 7) is 2.84. The topological polar surface area (TPSA) is 46.2 Å². The number of halogens is 2. The zero-order valence-electron chi connectivity index (χ0n) is 9.95. The molecule has 1 fully saturated rings. The third kappa shape index (κ3) is 3.28. The standard InChI is InChI=1S/C11H15BrClNO2S2/c1-2-14-10(7-3-4-18(15,16)6-7)9-5-8(13)11(12)17-9/h5,7,10,14H,2-4,6H2,1H3. The van der Waals surface area contributed by atoms with Crippen molar-refractivity contribution in [1.82, 2.24) is 5.32 Å². The van der Waals surface area contributed by atoms with Crippen LogP contribution in [0.1, 0.15) is 24.3 Å². The van der Waals surface area contributed by atoms with Crippen molar-refractivity contribution in [3.63, 3.8) is 0 Å². The normalized spacial score (nSPS) is 24.3. The second-order valence-electron chi connectivity index (χ2n) is 4.47. The molecule has 7 heteroatoms. The number of hydrogen-bond acceptors (Lipinski definition) is 4. The van der Waals surface area contributed by atoms with E-state index in [1.807, 2.05) is 13.0 Å². The van der Waals surface area contributed by atoms with Crippen LogP contribution in [-0.2, 0) is 9.84 Å². The Morgan fingerprint density at radius 1 is 1.67 bits per heavy atom. The minimum Gasteiger partial charge on any atom is -0.309 e. The molecule has 0 amide bonds. The molecule has 1 aliphatic heterocycles. The van der Waals surface area contributed by atoms with Crippen molar-refractivity contribution in [3.8, 4) is 0 Å². The van der Waals surface area contributed by atoms with Gasteiger partial charge in [-0.2, -0.15) is 0 Å². The maximum Gasteiger partial charge on any atom is 0.150 e. The van der Waals surface area contributed by atoms with E-state index in [4.69, 9.17) is 11.6 Å². The molecule has 1 aromatic heterocycles. The minimum atomic E-state index is -2.85. The summed E-state index contributed by atoms with van der Waals surface area (Å²) < 4.78 is 24.1. The lowest BCUT2D eigenvalue weighted by atomic mass is 9.98. The third-order valence-electron chi connectivity index (χ3n) is 3.13. The lowest BCUT2D eigenvalue weighted by Gasteiger charge is -2.22. The molecular weight excluding hydrogens is 358 g/mol. The lowest BCUT2D eigenvalue weighted by Crippen LogP contribution is -2.28. The van der Waals surface area contributed by atoms with E-state index in [-0.39, 0.29) is 17.7 Å². The van der Waals surface area contributed by atoms with Crippen LogP contribution in [0.5, 0.6) is 0 Å². The van der Waals surface area contributed by atoms with Crippen LogP contribution in [0.4, 0.5) is 0 Å². The van der Waals surface area contributed by atoms with E-state index < -0.39 is 9.84 Å². The van der Waals surface area contributed by atoms with E-state index in [0.29, 0.717) is 10.8 Å².